The summed E-state index contributed by atoms with van der Waals surface area (Å²) in [6.07, 6.45) is 1.60. The maximum Gasteiger partial charge on any atom is 0.250 e. The number of nitrogens with one attached hydrogen (secondary N) is 1. The molecule has 0 unspecified atom stereocenters. The number of nitrogens with zero attached hydrogens (tertiary/aromatic N) is 2. The molecular weight excluding hydrogens is 346 g/mol. The molecule has 0 bridgehead atoms. The molecule has 26 heavy (non-hydrogen) atoms. The van der Waals surface area contributed by atoms with E-state index in [0.29, 0.717) is 5.69 Å². The molecule has 0 atom stereocenters. The zero-order chi connectivity index (χ0) is 17.9. The third-order valence-electron chi connectivity index (χ3n) is 3.92. The van der Waals surface area contributed by atoms with E-state index in [1.807, 2.05) is 42.5 Å². The fraction of sp³-hybridized carbons (Fsp3) is 0.0500. The first kappa shape index (κ1) is 16.2. The third-order valence-corrected chi connectivity index (χ3v) is 5.01. The van der Waals surface area contributed by atoms with Crippen molar-refractivity contribution in [1.82, 2.24) is 9.55 Å². The number of rotatable bonds is 4. The first-order valence-electron chi connectivity index (χ1n) is 8.10. The van der Waals surface area contributed by atoms with Gasteiger partial charge in [0.25, 0.3) is 5.56 Å². The minimum atomic E-state index is -0.244. The van der Waals surface area contributed by atoms with E-state index in [9.17, 15) is 9.59 Å². The lowest BCUT2D eigenvalue weighted by molar-refractivity contribution is -0.116. The standard InChI is InChI=1S/C20H15N3O2S/c24-18(13-23-12-4-3-7-19(23)25)21-15-10-8-14(9-11-15)20-22-16-5-1-2-6-17(16)26-20/h1-12H,13H2,(H,21,24). The summed E-state index contributed by atoms with van der Waals surface area (Å²) >= 11 is 1.64. The minimum absolute atomic E-state index is 0.0146. The van der Waals surface area contributed by atoms with Crippen LogP contribution in [0.5, 0.6) is 0 Å². The van der Waals surface area contributed by atoms with E-state index >= 15 is 0 Å². The lowest BCUT2D eigenvalue weighted by atomic mass is 10.2. The van der Waals surface area contributed by atoms with Gasteiger partial charge in [0, 0.05) is 23.5 Å². The van der Waals surface area contributed by atoms with E-state index in [2.05, 4.69) is 16.4 Å². The Morgan fingerprint density at radius 2 is 1.77 bits per heavy atom. The van der Waals surface area contributed by atoms with Crippen LogP contribution < -0.4 is 10.9 Å². The highest BCUT2D eigenvalue weighted by molar-refractivity contribution is 7.21. The zero-order valence-corrected chi connectivity index (χ0v) is 14.6. The second kappa shape index (κ2) is 6.93. The van der Waals surface area contributed by atoms with Crippen LogP contribution in [0.15, 0.2) is 77.7 Å². The number of thiazole rings is 1. The highest BCUT2D eigenvalue weighted by atomic mass is 32.1. The molecule has 4 aromatic rings. The third kappa shape index (κ3) is 3.41. The molecule has 0 aliphatic carbocycles. The molecule has 0 aliphatic heterocycles. The lowest BCUT2D eigenvalue weighted by Crippen LogP contribution is -2.26. The minimum Gasteiger partial charge on any atom is -0.325 e. The second-order valence-corrected chi connectivity index (χ2v) is 6.81. The maximum absolute atomic E-state index is 12.1. The molecule has 0 aliphatic rings. The van der Waals surface area contributed by atoms with Crippen LogP contribution in [-0.4, -0.2) is 15.5 Å². The van der Waals surface area contributed by atoms with Gasteiger partial charge < -0.3 is 9.88 Å². The van der Waals surface area contributed by atoms with Crippen LogP contribution in [0, 0.1) is 0 Å². The van der Waals surface area contributed by atoms with Gasteiger partial charge >= 0.3 is 0 Å². The number of amides is 1. The molecule has 2 aromatic heterocycles. The molecule has 5 nitrogen and oxygen atoms in total. The first-order valence-corrected chi connectivity index (χ1v) is 8.92. The summed E-state index contributed by atoms with van der Waals surface area (Å²) in [5.74, 6) is -0.244. The van der Waals surface area contributed by atoms with Gasteiger partial charge in [0.2, 0.25) is 5.91 Å². The van der Waals surface area contributed by atoms with Crippen LogP contribution in [0.3, 0.4) is 0 Å². The van der Waals surface area contributed by atoms with Crippen LogP contribution in [0.4, 0.5) is 5.69 Å². The van der Waals surface area contributed by atoms with Gasteiger partial charge in [-0.3, -0.25) is 9.59 Å². The number of fused-ring (bicyclic) bond motifs is 1. The molecule has 0 saturated heterocycles. The summed E-state index contributed by atoms with van der Waals surface area (Å²) in [6, 6.07) is 20.4. The number of benzene rings is 2. The zero-order valence-electron chi connectivity index (χ0n) is 13.8. The second-order valence-electron chi connectivity index (χ2n) is 5.78. The Balaban J connectivity index is 1.48. The van der Waals surface area contributed by atoms with E-state index in [1.165, 1.54) is 10.6 Å². The summed E-state index contributed by atoms with van der Waals surface area (Å²) in [7, 11) is 0. The molecule has 0 saturated carbocycles. The van der Waals surface area contributed by atoms with Crippen LogP contribution in [-0.2, 0) is 11.3 Å². The van der Waals surface area contributed by atoms with E-state index in [0.717, 1.165) is 20.8 Å². The maximum atomic E-state index is 12.1. The summed E-state index contributed by atoms with van der Waals surface area (Å²) in [4.78, 5) is 28.4. The van der Waals surface area contributed by atoms with Crippen LogP contribution in [0.25, 0.3) is 20.8 Å². The fourth-order valence-corrected chi connectivity index (χ4v) is 3.61. The lowest BCUT2D eigenvalue weighted by Gasteiger charge is -2.07. The number of aromatic nitrogens is 2. The van der Waals surface area contributed by atoms with Crippen molar-refractivity contribution in [2.75, 3.05) is 5.32 Å². The van der Waals surface area contributed by atoms with Crippen molar-refractivity contribution in [1.29, 1.82) is 0 Å². The van der Waals surface area contributed by atoms with Gasteiger partial charge in [-0.2, -0.15) is 0 Å². The van der Waals surface area contributed by atoms with Crippen molar-refractivity contribution in [2.24, 2.45) is 0 Å². The topological polar surface area (TPSA) is 64.0 Å². The first-order chi connectivity index (χ1) is 12.7. The van der Waals surface area contributed by atoms with E-state index in [1.54, 1.807) is 29.7 Å². The van der Waals surface area contributed by atoms with Crippen molar-refractivity contribution in [3.63, 3.8) is 0 Å². The molecule has 0 spiro atoms. The van der Waals surface area contributed by atoms with Crippen molar-refractivity contribution in [3.8, 4) is 10.6 Å². The van der Waals surface area contributed by atoms with Gasteiger partial charge in [0.05, 0.1) is 10.2 Å². The number of anilines is 1. The monoisotopic (exact) mass is 361 g/mol. The number of para-hydroxylation sites is 1. The predicted octanol–water partition coefficient (Wildman–Crippen LogP) is 3.76. The number of pyridine rings is 1. The van der Waals surface area contributed by atoms with Crippen LogP contribution in [0.2, 0.25) is 0 Å². The molecule has 1 N–H and O–H groups in total. The fourth-order valence-electron chi connectivity index (χ4n) is 2.64. The molecule has 1 amide bonds. The summed E-state index contributed by atoms with van der Waals surface area (Å²) in [5, 5.41) is 3.75. The van der Waals surface area contributed by atoms with Crippen molar-refractivity contribution < 1.29 is 4.79 Å². The van der Waals surface area contributed by atoms with Crippen molar-refractivity contribution >= 4 is 33.1 Å². The number of carbonyl (C=O) groups is 1. The van der Waals surface area contributed by atoms with E-state index in [-0.39, 0.29) is 18.0 Å². The van der Waals surface area contributed by atoms with Gasteiger partial charge in [-0.1, -0.05) is 18.2 Å². The van der Waals surface area contributed by atoms with Crippen molar-refractivity contribution in [2.45, 2.75) is 6.54 Å². The average molecular weight is 361 g/mol. The van der Waals surface area contributed by atoms with Gasteiger partial charge in [-0.15, -0.1) is 11.3 Å². The van der Waals surface area contributed by atoms with Crippen LogP contribution in [0.1, 0.15) is 0 Å². The largest absolute Gasteiger partial charge is 0.325 e. The van der Waals surface area contributed by atoms with Gasteiger partial charge in [0.1, 0.15) is 11.6 Å². The molecule has 0 radical (unpaired) electrons. The van der Waals surface area contributed by atoms with Gasteiger partial charge in [-0.05, 0) is 42.5 Å². The smallest absolute Gasteiger partial charge is 0.250 e. The normalized spacial score (nSPS) is 10.8. The summed E-state index contributed by atoms with van der Waals surface area (Å²) < 4.78 is 2.51. The Morgan fingerprint density at radius 3 is 2.54 bits per heavy atom. The summed E-state index contributed by atoms with van der Waals surface area (Å²) in [6.45, 7) is -0.0146. The SMILES string of the molecule is O=C(Cn1ccccc1=O)Nc1ccc(-c2nc3ccccc3s2)cc1. The molecule has 4 rings (SSSR count). The molecular formula is C20H15N3O2S. The molecule has 128 valence electrons. The Bertz CT molecular complexity index is 1100. The Morgan fingerprint density at radius 1 is 1.00 bits per heavy atom. The molecule has 0 fully saturated rings. The molecule has 6 heteroatoms. The Kier molecular flexibility index (Phi) is 4.33. The van der Waals surface area contributed by atoms with E-state index in [4.69, 9.17) is 0 Å². The number of hydrogen-bond acceptors (Lipinski definition) is 4. The number of hydrogen-bond donors (Lipinski definition) is 1. The Labute approximate surface area is 153 Å². The van der Waals surface area contributed by atoms with Crippen molar-refractivity contribution in [3.05, 3.63) is 83.3 Å². The molecule has 2 aromatic carbocycles. The quantitative estimate of drug-likeness (QED) is 0.602. The Hall–Kier alpha value is -3.25. The summed E-state index contributed by atoms with van der Waals surface area (Å²) in [5.41, 5.74) is 2.47. The van der Waals surface area contributed by atoms with Gasteiger partial charge in [0.15, 0.2) is 0 Å². The van der Waals surface area contributed by atoms with Gasteiger partial charge in [-0.25, -0.2) is 4.98 Å². The van der Waals surface area contributed by atoms with Crippen LogP contribution >= 0.6 is 11.3 Å². The highest BCUT2D eigenvalue weighted by Crippen LogP contribution is 2.30. The highest BCUT2D eigenvalue weighted by Gasteiger charge is 2.08. The number of carbonyl (C=O) groups excluding carboxylic acids is 1. The average Bonchev–Trinajstić information content (AvgIpc) is 3.08. The predicted molar refractivity (Wildman–Crippen MR) is 104 cm³/mol. The van der Waals surface area contributed by atoms with E-state index < -0.39 is 0 Å². The molecule has 2 heterocycles.